The molecule has 1 unspecified atom stereocenters. The molecule has 1 rings (SSSR count). The smallest absolute Gasteiger partial charge is 0.407 e. The van der Waals surface area contributed by atoms with Gasteiger partial charge in [-0.3, -0.25) is 4.79 Å². The molecule has 0 fully saturated rings. The van der Waals surface area contributed by atoms with Crippen molar-refractivity contribution in [2.24, 2.45) is 5.92 Å². The van der Waals surface area contributed by atoms with Gasteiger partial charge in [-0.2, -0.15) is 0 Å². The van der Waals surface area contributed by atoms with Crippen LogP contribution in [0.5, 0.6) is 0 Å². The first-order valence-corrected chi connectivity index (χ1v) is 8.70. The molecule has 0 saturated carbocycles. The molecule has 7 heteroatoms. The molecule has 0 spiro atoms. The second-order valence-electron chi connectivity index (χ2n) is 7.24. The van der Waals surface area contributed by atoms with E-state index in [0.717, 1.165) is 5.56 Å². The zero-order valence-corrected chi connectivity index (χ0v) is 15.9. The second kappa shape index (κ2) is 10.1. The molecule has 26 heavy (non-hydrogen) atoms. The Morgan fingerprint density at radius 2 is 1.81 bits per heavy atom. The molecule has 3 atom stereocenters. The standard InChI is InChI=1S/C19H30N2O5/c1-19(2,3)26-18(25)21-15(10-13-8-6-5-7-9-13)16(23)11-14(12-22)17(24)20-4/h5-9,14-16,22-23H,10-12H2,1-4H3,(H,20,24)(H,21,25)/t14?,15-,16-/m0/s1. The fourth-order valence-electron chi connectivity index (χ4n) is 2.53. The van der Waals surface area contributed by atoms with Crippen LogP contribution >= 0.6 is 0 Å². The third-order valence-electron chi connectivity index (χ3n) is 3.83. The molecule has 0 saturated heterocycles. The van der Waals surface area contributed by atoms with Crippen molar-refractivity contribution in [1.82, 2.24) is 10.6 Å². The molecule has 2 amide bonds. The lowest BCUT2D eigenvalue weighted by Gasteiger charge is -2.28. The maximum atomic E-state index is 12.1. The SMILES string of the molecule is CNC(=O)C(CO)C[C@H](O)[C@H](Cc1ccccc1)NC(=O)OC(C)(C)C. The van der Waals surface area contributed by atoms with Crippen LogP contribution in [-0.4, -0.2) is 53.6 Å². The fourth-order valence-corrected chi connectivity index (χ4v) is 2.53. The first-order chi connectivity index (χ1) is 12.2. The van der Waals surface area contributed by atoms with Crippen LogP contribution in [0.25, 0.3) is 0 Å². The van der Waals surface area contributed by atoms with Crippen LogP contribution in [-0.2, 0) is 16.0 Å². The summed E-state index contributed by atoms with van der Waals surface area (Å²) in [5.41, 5.74) is 0.260. The van der Waals surface area contributed by atoms with Crippen LogP contribution in [0.15, 0.2) is 30.3 Å². The van der Waals surface area contributed by atoms with Gasteiger partial charge in [-0.25, -0.2) is 4.79 Å². The number of hydrogen-bond acceptors (Lipinski definition) is 5. The number of hydrogen-bond donors (Lipinski definition) is 4. The van der Waals surface area contributed by atoms with Crippen molar-refractivity contribution in [1.29, 1.82) is 0 Å². The Bertz CT molecular complexity index is 571. The highest BCUT2D eigenvalue weighted by molar-refractivity contribution is 5.78. The van der Waals surface area contributed by atoms with E-state index in [4.69, 9.17) is 4.74 Å². The van der Waals surface area contributed by atoms with Gasteiger partial charge in [0.05, 0.1) is 24.7 Å². The number of aliphatic hydroxyl groups is 2. The Hall–Kier alpha value is -2.12. The van der Waals surface area contributed by atoms with E-state index in [1.165, 1.54) is 7.05 Å². The monoisotopic (exact) mass is 366 g/mol. The summed E-state index contributed by atoms with van der Waals surface area (Å²) in [6, 6.07) is 8.73. The molecule has 1 aromatic carbocycles. The lowest BCUT2D eigenvalue weighted by atomic mass is 9.93. The average Bonchev–Trinajstić information content (AvgIpc) is 2.57. The summed E-state index contributed by atoms with van der Waals surface area (Å²) in [7, 11) is 1.47. The Morgan fingerprint density at radius 1 is 1.19 bits per heavy atom. The minimum atomic E-state index is -1.03. The molecule has 0 aliphatic rings. The van der Waals surface area contributed by atoms with Crippen LogP contribution in [0.3, 0.4) is 0 Å². The molecule has 0 bridgehead atoms. The van der Waals surface area contributed by atoms with Gasteiger partial charge in [0.15, 0.2) is 0 Å². The van der Waals surface area contributed by atoms with Crippen molar-refractivity contribution in [3.05, 3.63) is 35.9 Å². The van der Waals surface area contributed by atoms with Gasteiger partial charge < -0.3 is 25.6 Å². The van der Waals surface area contributed by atoms with E-state index in [0.29, 0.717) is 6.42 Å². The second-order valence-corrected chi connectivity index (χ2v) is 7.24. The molecule has 0 radical (unpaired) electrons. The summed E-state index contributed by atoms with van der Waals surface area (Å²) < 4.78 is 5.27. The first-order valence-electron chi connectivity index (χ1n) is 8.70. The number of carbonyl (C=O) groups excluding carboxylic acids is 2. The Morgan fingerprint density at radius 3 is 2.31 bits per heavy atom. The van der Waals surface area contributed by atoms with E-state index in [2.05, 4.69) is 10.6 Å². The van der Waals surface area contributed by atoms with E-state index in [1.807, 2.05) is 30.3 Å². The van der Waals surface area contributed by atoms with Crippen molar-refractivity contribution >= 4 is 12.0 Å². The van der Waals surface area contributed by atoms with Crippen molar-refractivity contribution < 1.29 is 24.5 Å². The quantitative estimate of drug-likeness (QED) is 0.553. The van der Waals surface area contributed by atoms with E-state index < -0.39 is 29.8 Å². The van der Waals surface area contributed by atoms with Gasteiger partial charge in [0.2, 0.25) is 5.91 Å². The predicted molar refractivity (Wildman–Crippen MR) is 98.6 cm³/mol. The van der Waals surface area contributed by atoms with Crippen LogP contribution < -0.4 is 10.6 Å². The highest BCUT2D eigenvalue weighted by Crippen LogP contribution is 2.15. The number of amides is 2. The number of aliphatic hydroxyl groups excluding tert-OH is 2. The predicted octanol–water partition coefficient (Wildman–Crippen LogP) is 1.23. The van der Waals surface area contributed by atoms with Crippen molar-refractivity contribution in [2.45, 2.75) is 51.4 Å². The summed E-state index contributed by atoms with van der Waals surface area (Å²) in [4.78, 5) is 23.9. The maximum Gasteiger partial charge on any atom is 0.407 e. The molecular formula is C19H30N2O5. The number of nitrogens with one attached hydrogen (secondary N) is 2. The number of benzene rings is 1. The van der Waals surface area contributed by atoms with Gasteiger partial charge in [0, 0.05) is 7.05 Å². The van der Waals surface area contributed by atoms with Gasteiger partial charge in [-0.1, -0.05) is 30.3 Å². The lowest BCUT2D eigenvalue weighted by Crippen LogP contribution is -2.48. The minimum Gasteiger partial charge on any atom is -0.444 e. The van der Waals surface area contributed by atoms with Gasteiger partial charge in [0.1, 0.15) is 5.60 Å². The highest BCUT2D eigenvalue weighted by atomic mass is 16.6. The van der Waals surface area contributed by atoms with E-state index >= 15 is 0 Å². The van der Waals surface area contributed by atoms with Crippen molar-refractivity contribution in [3.63, 3.8) is 0 Å². The van der Waals surface area contributed by atoms with E-state index in [1.54, 1.807) is 20.8 Å². The number of carbonyl (C=O) groups is 2. The van der Waals surface area contributed by atoms with Crippen LogP contribution in [0, 0.1) is 5.92 Å². The largest absolute Gasteiger partial charge is 0.444 e. The molecule has 0 aliphatic heterocycles. The van der Waals surface area contributed by atoms with Crippen molar-refractivity contribution in [2.75, 3.05) is 13.7 Å². The van der Waals surface area contributed by atoms with Gasteiger partial charge in [-0.05, 0) is 39.2 Å². The Labute approximate surface area is 154 Å². The average molecular weight is 366 g/mol. The molecule has 0 heterocycles. The molecule has 0 aromatic heterocycles. The third-order valence-corrected chi connectivity index (χ3v) is 3.83. The van der Waals surface area contributed by atoms with Gasteiger partial charge >= 0.3 is 6.09 Å². The minimum absolute atomic E-state index is 0.0173. The molecule has 7 nitrogen and oxygen atoms in total. The molecule has 4 N–H and O–H groups in total. The maximum absolute atomic E-state index is 12.1. The third kappa shape index (κ3) is 7.84. The summed E-state index contributed by atoms with van der Waals surface area (Å²) in [5.74, 6) is -1.11. The molecule has 146 valence electrons. The normalized spacial score (nSPS) is 14.8. The molecule has 0 aliphatic carbocycles. The Balaban J connectivity index is 2.87. The van der Waals surface area contributed by atoms with Crippen molar-refractivity contribution in [3.8, 4) is 0 Å². The van der Waals surface area contributed by atoms with Crippen LogP contribution in [0.4, 0.5) is 4.79 Å². The highest BCUT2D eigenvalue weighted by Gasteiger charge is 2.29. The van der Waals surface area contributed by atoms with Gasteiger partial charge in [-0.15, -0.1) is 0 Å². The summed E-state index contributed by atoms with van der Waals surface area (Å²) in [6.07, 6.45) is -1.29. The van der Waals surface area contributed by atoms with Crippen LogP contribution in [0.1, 0.15) is 32.8 Å². The fraction of sp³-hybridized carbons (Fsp3) is 0.579. The lowest BCUT2D eigenvalue weighted by molar-refractivity contribution is -0.127. The van der Waals surface area contributed by atoms with Gasteiger partial charge in [0.25, 0.3) is 0 Å². The molecule has 1 aromatic rings. The zero-order chi connectivity index (χ0) is 19.7. The number of alkyl carbamates (subject to hydrolysis) is 1. The summed E-state index contributed by atoms with van der Waals surface area (Å²) in [5, 5.41) is 25.1. The molecular weight excluding hydrogens is 336 g/mol. The zero-order valence-electron chi connectivity index (χ0n) is 15.9. The first kappa shape index (κ1) is 21.9. The van der Waals surface area contributed by atoms with E-state index in [9.17, 15) is 19.8 Å². The number of rotatable bonds is 8. The Kier molecular flexibility index (Phi) is 8.54. The summed E-state index contributed by atoms with van der Waals surface area (Å²) >= 11 is 0. The number of ether oxygens (including phenoxy) is 1. The van der Waals surface area contributed by atoms with E-state index in [-0.39, 0.29) is 18.9 Å². The topological polar surface area (TPSA) is 108 Å². The van der Waals surface area contributed by atoms with Crippen LogP contribution in [0.2, 0.25) is 0 Å². The summed E-state index contributed by atoms with van der Waals surface area (Å²) in [6.45, 7) is 4.87.